The van der Waals surface area contributed by atoms with Gasteiger partial charge in [0.25, 0.3) is 0 Å². The summed E-state index contributed by atoms with van der Waals surface area (Å²) in [5, 5.41) is 4.39. The number of aromatic nitrogens is 5. The lowest BCUT2D eigenvalue weighted by Crippen LogP contribution is -2.34. The van der Waals surface area contributed by atoms with Crippen molar-refractivity contribution in [2.75, 3.05) is 31.6 Å². The van der Waals surface area contributed by atoms with Crippen molar-refractivity contribution in [1.29, 1.82) is 0 Å². The summed E-state index contributed by atoms with van der Waals surface area (Å²) in [7, 11) is -2.89. The predicted octanol–water partition coefficient (Wildman–Crippen LogP) is 4.63. The molecular formula is C27H36N6O2S. The van der Waals surface area contributed by atoms with Crippen LogP contribution in [-0.4, -0.2) is 69.5 Å². The molecule has 4 aromatic heterocycles. The van der Waals surface area contributed by atoms with Crippen molar-refractivity contribution in [1.82, 2.24) is 29.5 Å². The maximum absolute atomic E-state index is 11.4. The van der Waals surface area contributed by atoms with Gasteiger partial charge in [0.15, 0.2) is 5.65 Å². The van der Waals surface area contributed by atoms with Crippen LogP contribution in [0.1, 0.15) is 67.3 Å². The van der Waals surface area contributed by atoms with Gasteiger partial charge in [-0.05, 0) is 81.9 Å². The van der Waals surface area contributed by atoms with E-state index in [4.69, 9.17) is 4.98 Å². The second-order valence-corrected chi connectivity index (χ2v) is 12.9. The highest BCUT2D eigenvalue weighted by Gasteiger charge is 2.25. The van der Waals surface area contributed by atoms with Gasteiger partial charge in [-0.3, -0.25) is 4.98 Å². The molecule has 0 spiro atoms. The summed E-state index contributed by atoms with van der Waals surface area (Å²) in [4.78, 5) is 15.7. The van der Waals surface area contributed by atoms with E-state index in [2.05, 4.69) is 66.0 Å². The van der Waals surface area contributed by atoms with Crippen molar-refractivity contribution in [3.05, 3.63) is 47.0 Å². The Kier molecular flexibility index (Phi) is 6.63. The number of hydrogen-bond donors (Lipinski definition) is 1. The van der Waals surface area contributed by atoms with E-state index in [0.29, 0.717) is 18.3 Å². The van der Waals surface area contributed by atoms with Gasteiger partial charge >= 0.3 is 0 Å². The van der Waals surface area contributed by atoms with E-state index in [1.54, 1.807) is 6.33 Å². The largest absolute Gasteiger partial charge is 0.353 e. The van der Waals surface area contributed by atoms with E-state index < -0.39 is 9.84 Å². The van der Waals surface area contributed by atoms with Gasteiger partial charge in [0.05, 0.1) is 22.5 Å². The number of nitrogens with zero attached hydrogens (tertiary/aromatic N) is 5. The Morgan fingerprint density at radius 3 is 2.58 bits per heavy atom. The molecule has 1 fully saturated rings. The predicted molar refractivity (Wildman–Crippen MR) is 144 cm³/mol. The Labute approximate surface area is 213 Å². The van der Waals surface area contributed by atoms with Crippen molar-refractivity contribution in [2.45, 2.75) is 58.8 Å². The monoisotopic (exact) mass is 508 g/mol. The SMILES string of the molecule is Cc1c(-c2[nH]c3ccc(C4CCN(CCCS(C)(=O)=O)CC4)nc3c2C(C)C)cn2ncnc2c1C. The second-order valence-electron chi connectivity index (χ2n) is 10.6. The van der Waals surface area contributed by atoms with Crippen LogP contribution in [0.25, 0.3) is 27.9 Å². The molecule has 0 amide bonds. The number of H-pyrrole nitrogens is 1. The van der Waals surface area contributed by atoms with E-state index in [-0.39, 0.29) is 5.75 Å². The van der Waals surface area contributed by atoms with Crippen molar-refractivity contribution in [3.8, 4) is 11.3 Å². The minimum absolute atomic E-state index is 0.266. The van der Waals surface area contributed by atoms with Crippen LogP contribution in [0.4, 0.5) is 0 Å². The number of rotatable bonds is 7. The normalized spacial score (nSPS) is 16.1. The average molecular weight is 509 g/mol. The third kappa shape index (κ3) is 4.78. The minimum Gasteiger partial charge on any atom is -0.353 e. The van der Waals surface area contributed by atoms with Crippen molar-refractivity contribution in [3.63, 3.8) is 0 Å². The van der Waals surface area contributed by atoms with Crippen LogP contribution in [0.3, 0.4) is 0 Å². The molecule has 1 N–H and O–H groups in total. The molecule has 0 unspecified atom stereocenters. The zero-order chi connectivity index (χ0) is 25.6. The highest BCUT2D eigenvalue weighted by atomic mass is 32.2. The molecule has 9 heteroatoms. The lowest BCUT2D eigenvalue weighted by molar-refractivity contribution is 0.211. The molecule has 1 saturated heterocycles. The van der Waals surface area contributed by atoms with Gasteiger partial charge in [0.1, 0.15) is 16.2 Å². The lowest BCUT2D eigenvalue weighted by Gasteiger charge is -2.31. The number of likely N-dealkylation sites (tertiary alicyclic amines) is 1. The summed E-state index contributed by atoms with van der Waals surface area (Å²) >= 11 is 0. The summed E-state index contributed by atoms with van der Waals surface area (Å²) in [5.41, 5.74) is 10.00. The van der Waals surface area contributed by atoms with Gasteiger partial charge in [-0.2, -0.15) is 5.10 Å². The molecule has 0 saturated carbocycles. The van der Waals surface area contributed by atoms with E-state index in [1.807, 2.05) is 4.52 Å². The highest BCUT2D eigenvalue weighted by molar-refractivity contribution is 7.90. The number of piperidine rings is 1. The van der Waals surface area contributed by atoms with Crippen LogP contribution < -0.4 is 0 Å². The molecule has 0 radical (unpaired) electrons. The number of aryl methyl sites for hydroxylation is 1. The first-order valence-electron chi connectivity index (χ1n) is 12.8. The van der Waals surface area contributed by atoms with Gasteiger partial charge in [-0.25, -0.2) is 17.9 Å². The zero-order valence-corrected chi connectivity index (χ0v) is 22.7. The molecule has 0 atom stereocenters. The maximum atomic E-state index is 11.4. The molecule has 0 aliphatic carbocycles. The van der Waals surface area contributed by atoms with Gasteiger partial charge in [-0.1, -0.05) is 13.8 Å². The van der Waals surface area contributed by atoms with E-state index in [1.165, 1.54) is 17.4 Å². The second kappa shape index (κ2) is 9.59. The molecule has 8 nitrogen and oxygen atoms in total. The summed E-state index contributed by atoms with van der Waals surface area (Å²) in [6.45, 7) is 11.5. The molecule has 192 valence electrons. The molecule has 36 heavy (non-hydrogen) atoms. The molecule has 1 aliphatic heterocycles. The van der Waals surface area contributed by atoms with Crippen molar-refractivity contribution < 1.29 is 8.42 Å². The summed E-state index contributed by atoms with van der Waals surface area (Å²) in [6.07, 6.45) is 7.79. The summed E-state index contributed by atoms with van der Waals surface area (Å²) < 4.78 is 24.7. The fourth-order valence-electron chi connectivity index (χ4n) is 5.56. The Morgan fingerprint density at radius 2 is 1.89 bits per heavy atom. The molecule has 5 rings (SSSR count). The standard InChI is InChI=1S/C27H36N6O2S/c1-17(2)24-25(21-15-33-27(28-16-29-33)19(4)18(21)3)31-23-8-7-22(30-26(23)24)20-9-12-32(13-10-20)11-6-14-36(5,34)35/h7-8,15-17,20,31H,6,9-14H2,1-5H3. The van der Waals surface area contributed by atoms with Gasteiger partial charge in [-0.15, -0.1) is 0 Å². The van der Waals surface area contributed by atoms with Crippen molar-refractivity contribution in [2.24, 2.45) is 0 Å². The van der Waals surface area contributed by atoms with Crippen LogP contribution in [0, 0.1) is 13.8 Å². The van der Waals surface area contributed by atoms with Crippen LogP contribution in [0.5, 0.6) is 0 Å². The Balaban J connectivity index is 1.43. The maximum Gasteiger partial charge on any atom is 0.158 e. The summed E-state index contributed by atoms with van der Waals surface area (Å²) in [5.74, 6) is 0.996. The molecule has 0 bridgehead atoms. The first-order chi connectivity index (χ1) is 17.1. The number of sulfone groups is 1. The van der Waals surface area contributed by atoms with Gasteiger partial charge in [0.2, 0.25) is 0 Å². The highest BCUT2D eigenvalue weighted by Crippen LogP contribution is 2.38. The third-order valence-corrected chi connectivity index (χ3v) is 8.70. The van der Waals surface area contributed by atoms with Crippen molar-refractivity contribution >= 4 is 26.5 Å². The average Bonchev–Trinajstić information content (AvgIpc) is 3.45. The zero-order valence-electron chi connectivity index (χ0n) is 21.9. The number of aromatic amines is 1. The van der Waals surface area contributed by atoms with Crippen LogP contribution >= 0.6 is 0 Å². The smallest absolute Gasteiger partial charge is 0.158 e. The molecule has 1 aliphatic rings. The number of nitrogens with one attached hydrogen (secondary N) is 1. The number of fused-ring (bicyclic) bond motifs is 2. The van der Waals surface area contributed by atoms with Gasteiger partial charge < -0.3 is 9.88 Å². The summed E-state index contributed by atoms with van der Waals surface area (Å²) in [6, 6.07) is 4.36. The Bertz CT molecular complexity index is 1510. The van der Waals surface area contributed by atoms with Crippen LogP contribution in [0.15, 0.2) is 24.7 Å². The fraction of sp³-hybridized carbons (Fsp3) is 0.519. The molecule has 4 aromatic rings. The Hall–Kier alpha value is -2.78. The first-order valence-corrected chi connectivity index (χ1v) is 14.9. The molecule has 0 aromatic carbocycles. The van der Waals surface area contributed by atoms with E-state index in [0.717, 1.165) is 71.7 Å². The number of hydrogen-bond acceptors (Lipinski definition) is 6. The van der Waals surface area contributed by atoms with Crippen LogP contribution in [-0.2, 0) is 9.84 Å². The topological polar surface area (TPSA) is 96.2 Å². The van der Waals surface area contributed by atoms with E-state index in [9.17, 15) is 8.42 Å². The quantitative estimate of drug-likeness (QED) is 0.391. The van der Waals surface area contributed by atoms with Gasteiger partial charge in [0, 0.05) is 35.2 Å². The van der Waals surface area contributed by atoms with Crippen LogP contribution in [0.2, 0.25) is 0 Å². The minimum atomic E-state index is -2.89. The van der Waals surface area contributed by atoms with E-state index >= 15 is 0 Å². The Morgan fingerprint density at radius 1 is 1.14 bits per heavy atom. The first kappa shape index (κ1) is 24.9. The molecule has 5 heterocycles. The lowest BCUT2D eigenvalue weighted by atomic mass is 9.92. The third-order valence-electron chi connectivity index (χ3n) is 7.67. The number of pyridine rings is 2. The molecular weight excluding hydrogens is 472 g/mol. The fourth-order valence-corrected chi connectivity index (χ4v) is 6.21.